The van der Waals surface area contributed by atoms with Crippen LogP contribution < -0.4 is 14.8 Å². The van der Waals surface area contributed by atoms with Gasteiger partial charge in [-0.2, -0.15) is 0 Å². The number of rotatable bonds is 5. The number of hydrogen-bond donors (Lipinski definition) is 1. The third-order valence-electron chi connectivity index (χ3n) is 4.63. The Morgan fingerprint density at radius 2 is 2.21 bits per heavy atom. The van der Waals surface area contributed by atoms with E-state index in [1.54, 1.807) is 10.9 Å². The van der Waals surface area contributed by atoms with Gasteiger partial charge in [-0.3, -0.25) is 4.79 Å². The lowest BCUT2D eigenvalue weighted by atomic mass is 10.00. The molecular formula is C21H22N4O3. The van der Waals surface area contributed by atoms with Gasteiger partial charge in [0.15, 0.2) is 5.69 Å². The van der Waals surface area contributed by atoms with E-state index in [0.29, 0.717) is 19.6 Å². The average Bonchev–Trinajstić information content (AvgIpc) is 3.19. The predicted octanol–water partition coefficient (Wildman–Crippen LogP) is 3.23. The van der Waals surface area contributed by atoms with Gasteiger partial charge in [0.25, 0.3) is 5.91 Å². The molecule has 0 fully saturated rings. The van der Waals surface area contributed by atoms with Crippen LogP contribution in [0.1, 0.15) is 41.0 Å². The fraction of sp³-hybridized carbons (Fsp3) is 0.286. The third kappa shape index (κ3) is 3.69. The predicted molar refractivity (Wildman–Crippen MR) is 104 cm³/mol. The van der Waals surface area contributed by atoms with Crippen LogP contribution in [-0.2, 0) is 0 Å². The Balaban J connectivity index is 1.53. The molecule has 7 nitrogen and oxygen atoms in total. The van der Waals surface area contributed by atoms with Gasteiger partial charge < -0.3 is 14.8 Å². The number of carbonyl (C=O) groups excluding carboxylic acids is 1. The molecule has 1 amide bonds. The first-order valence-electron chi connectivity index (χ1n) is 9.34. The first-order valence-corrected chi connectivity index (χ1v) is 9.34. The summed E-state index contributed by atoms with van der Waals surface area (Å²) in [6, 6.07) is 13.4. The van der Waals surface area contributed by atoms with Gasteiger partial charge in [-0.25, -0.2) is 4.68 Å². The summed E-state index contributed by atoms with van der Waals surface area (Å²) >= 11 is 0. The Morgan fingerprint density at radius 1 is 1.32 bits per heavy atom. The van der Waals surface area contributed by atoms with Crippen molar-refractivity contribution in [2.45, 2.75) is 26.3 Å². The molecule has 1 atom stereocenters. The Labute approximate surface area is 163 Å². The highest BCUT2D eigenvalue weighted by Crippen LogP contribution is 2.35. The van der Waals surface area contributed by atoms with Crippen molar-refractivity contribution in [3.05, 3.63) is 65.5 Å². The van der Waals surface area contributed by atoms with E-state index in [1.807, 2.05) is 56.3 Å². The molecule has 0 spiro atoms. The highest BCUT2D eigenvalue weighted by atomic mass is 16.5. The molecule has 3 aromatic rings. The van der Waals surface area contributed by atoms with Crippen molar-refractivity contribution in [2.24, 2.45) is 0 Å². The summed E-state index contributed by atoms with van der Waals surface area (Å²) in [5, 5.41) is 11.2. The van der Waals surface area contributed by atoms with E-state index in [4.69, 9.17) is 9.47 Å². The highest BCUT2D eigenvalue weighted by molar-refractivity contribution is 5.92. The Hall–Kier alpha value is -3.35. The van der Waals surface area contributed by atoms with E-state index in [1.165, 1.54) is 0 Å². The summed E-state index contributed by atoms with van der Waals surface area (Å²) in [5.41, 5.74) is 3.17. The monoisotopic (exact) mass is 378 g/mol. The van der Waals surface area contributed by atoms with Crippen LogP contribution in [0.3, 0.4) is 0 Å². The molecule has 7 heteroatoms. The topological polar surface area (TPSA) is 78.3 Å². The quantitative estimate of drug-likeness (QED) is 0.737. The lowest BCUT2D eigenvalue weighted by Crippen LogP contribution is -2.32. The Morgan fingerprint density at radius 3 is 3.04 bits per heavy atom. The molecular weight excluding hydrogens is 356 g/mol. The summed E-state index contributed by atoms with van der Waals surface area (Å²) in [6.07, 6.45) is 2.32. The first-order chi connectivity index (χ1) is 13.6. The molecule has 1 N–H and O–H groups in total. The van der Waals surface area contributed by atoms with Crippen LogP contribution in [0, 0.1) is 6.92 Å². The number of ether oxygens (including phenoxy) is 2. The number of carbonyl (C=O) groups is 1. The molecule has 0 saturated heterocycles. The molecule has 0 aliphatic carbocycles. The zero-order valence-electron chi connectivity index (χ0n) is 15.9. The zero-order chi connectivity index (χ0) is 19.5. The van der Waals surface area contributed by atoms with E-state index in [9.17, 15) is 4.79 Å². The van der Waals surface area contributed by atoms with Gasteiger partial charge in [-0.05, 0) is 49.7 Å². The molecule has 1 aliphatic rings. The Kier molecular flexibility index (Phi) is 4.97. The summed E-state index contributed by atoms with van der Waals surface area (Å²) in [4.78, 5) is 12.7. The number of nitrogens with one attached hydrogen (secondary N) is 1. The maximum Gasteiger partial charge on any atom is 0.273 e. The molecule has 1 aliphatic heterocycles. The van der Waals surface area contributed by atoms with Crippen molar-refractivity contribution in [3.8, 4) is 17.2 Å². The van der Waals surface area contributed by atoms with Crippen LogP contribution in [0.15, 0.2) is 48.7 Å². The van der Waals surface area contributed by atoms with Crippen molar-refractivity contribution < 1.29 is 14.3 Å². The minimum Gasteiger partial charge on any atom is -0.494 e. The number of hydrogen-bond acceptors (Lipinski definition) is 5. The second kappa shape index (κ2) is 7.72. The zero-order valence-corrected chi connectivity index (χ0v) is 15.9. The van der Waals surface area contributed by atoms with E-state index in [-0.39, 0.29) is 17.6 Å². The number of aromatic nitrogens is 3. The van der Waals surface area contributed by atoms with Crippen LogP contribution >= 0.6 is 0 Å². The van der Waals surface area contributed by atoms with Crippen molar-refractivity contribution in [1.29, 1.82) is 0 Å². The van der Waals surface area contributed by atoms with Gasteiger partial charge in [0, 0.05) is 12.0 Å². The van der Waals surface area contributed by atoms with Gasteiger partial charge in [0.05, 0.1) is 31.1 Å². The summed E-state index contributed by atoms with van der Waals surface area (Å²) in [6.45, 7) is 5.07. The van der Waals surface area contributed by atoms with Crippen LogP contribution in [0.2, 0.25) is 0 Å². The molecule has 0 saturated carbocycles. The normalized spacial score (nSPS) is 15.4. The van der Waals surface area contributed by atoms with Crippen molar-refractivity contribution >= 4 is 5.91 Å². The number of benzene rings is 2. The molecule has 0 bridgehead atoms. The van der Waals surface area contributed by atoms with Crippen molar-refractivity contribution in [1.82, 2.24) is 20.3 Å². The van der Waals surface area contributed by atoms with Crippen LogP contribution in [0.5, 0.6) is 11.5 Å². The maximum atomic E-state index is 12.7. The summed E-state index contributed by atoms with van der Waals surface area (Å²) in [7, 11) is 0. The van der Waals surface area contributed by atoms with Crippen molar-refractivity contribution in [3.63, 3.8) is 0 Å². The summed E-state index contributed by atoms with van der Waals surface area (Å²) < 4.78 is 12.9. The fourth-order valence-corrected chi connectivity index (χ4v) is 3.28. The van der Waals surface area contributed by atoms with Gasteiger partial charge in [0.1, 0.15) is 11.5 Å². The van der Waals surface area contributed by atoms with Gasteiger partial charge in [-0.15, -0.1) is 5.10 Å². The van der Waals surface area contributed by atoms with Crippen molar-refractivity contribution in [2.75, 3.05) is 13.2 Å². The van der Waals surface area contributed by atoms with E-state index < -0.39 is 0 Å². The average molecular weight is 378 g/mol. The highest BCUT2D eigenvalue weighted by Gasteiger charge is 2.25. The lowest BCUT2D eigenvalue weighted by Gasteiger charge is -2.27. The van der Waals surface area contributed by atoms with Crippen LogP contribution in [-0.4, -0.2) is 34.1 Å². The molecule has 2 aromatic carbocycles. The molecule has 0 radical (unpaired) electrons. The molecule has 1 aromatic heterocycles. The molecule has 28 heavy (non-hydrogen) atoms. The second-order valence-electron chi connectivity index (χ2n) is 6.68. The van der Waals surface area contributed by atoms with E-state index in [2.05, 4.69) is 15.6 Å². The minimum absolute atomic E-state index is 0.166. The van der Waals surface area contributed by atoms with E-state index in [0.717, 1.165) is 28.3 Å². The number of fused-ring (bicyclic) bond motifs is 1. The molecule has 144 valence electrons. The third-order valence-corrected chi connectivity index (χ3v) is 4.63. The second-order valence-corrected chi connectivity index (χ2v) is 6.68. The minimum atomic E-state index is -0.265. The van der Waals surface area contributed by atoms with Gasteiger partial charge in [-0.1, -0.05) is 17.3 Å². The van der Waals surface area contributed by atoms with Gasteiger partial charge in [0.2, 0.25) is 0 Å². The number of amides is 1. The fourth-order valence-electron chi connectivity index (χ4n) is 3.28. The lowest BCUT2D eigenvalue weighted by molar-refractivity contribution is 0.0919. The molecule has 1 unspecified atom stereocenters. The van der Waals surface area contributed by atoms with Gasteiger partial charge >= 0.3 is 0 Å². The van der Waals surface area contributed by atoms with E-state index >= 15 is 0 Å². The summed E-state index contributed by atoms with van der Waals surface area (Å²) in [5.74, 6) is 1.26. The largest absolute Gasteiger partial charge is 0.494 e. The molecule has 4 rings (SSSR count). The van der Waals surface area contributed by atoms with Crippen LogP contribution in [0.25, 0.3) is 5.69 Å². The number of aryl methyl sites for hydroxylation is 1. The SMILES string of the molecule is CCOc1ccc2c(c1)C(NC(=O)c1cn(-c3cccc(C)c3)nn1)CCO2. The molecule has 2 heterocycles. The smallest absolute Gasteiger partial charge is 0.273 e. The maximum absolute atomic E-state index is 12.7. The Bertz CT molecular complexity index is 999. The number of nitrogens with zero attached hydrogens (tertiary/aromatic N) is 3. The standard InChI is InChI=1S/C21H22N4O3/c1-3-27-16-7-8-20-17(12-16)18(9-10-28-20)22-21(26)19-13-25(24-23-19)15-6-4-5-14(2)11-15/h4-8,11-13,18H,3,9-10H2,1-2H3,(H,22,26). The van der Waals surface area contributed by atoms with Crippen LogP contribution in [0.4, 0.5) is 0 Å². The first kappa shape index (κ1) is 18.0.